The van der Waals surface area contributed by atoms with E-state index in [0.717, 1.165) is 0 Å². The number of ether oxygens (including phenoxy) is 3. The number of hydrogen-bond acceptors (Lipinski definition) is 8. The van der Waals surface area contributed by atoms with E-state index in [-0.39, 0.29) is 11.4 Å². The van der Waals surface area contributed by atoms with Gasteiger partial charge in [0, 0.05) is 12.3 Å². The van der Waals surface area contributed by atoms with Gasteiger partial charge in [0.15, 0.2) is 17.2 Å². The first-order valence-corrected chi connectivity index (χ1v) is 11.5. The van der Waals surface area contributed by atoms with E-state index < -0.39 is 35.2 Å². The van der Waals surface area contributed by atoms with Gasteiger partial charge in [0.1, 0.15) is 23.1 Å². The van der Waals surface area contributed by atoms with Gasteiger partial charge in [-0.1, -0.05) is 24.3 Å². The molecule has 0 saturated carbocycles. The van der Waals surface area contributed by atoms with Crippen molar-refractivity contribution in [2.24, 2.45) is 0 Å². The van der Waals surface area contributed by atoms with Crippen LogP contribution in [0.25, 0.3) is 0 Å². The molecule has 2 aromatic carbocycles. The van der Waals surface area contributed by atoms with Crippen LogP contribution in [0.4, 0.5) is 0 Å². The third-order valence-electron chi connectivity index (χ3n) is 6.11. The Labute approximate surface area is 215 Å². The molecule has 2 atom stereocenters. The second kappa shape index (κ2) is 11.6. The summed E-state index contributed by atoms with van der Waals surface area (Å²) in [5.74, 6) is -0.436. The smallest absolute Gasteiger partial charge is 0.274 e. The molecule has 0 bridgehead atoms. The van der Waals surface area contributed by atoms with Crippen molar-refractivity contribution < 1.29 is 34.0 Å². The van der Waals surface area contributed by atoms with Gasteiger partial charge < -0.3 is 35.1 Å². The number of rotatable bonds is 10. The van der Waals surface area contributed by atoms with Gasteiger partial charge in [-0.15, -0.1) is 0 Å². The number of pyridine rings is 1. The third kappa shape index (κ3) is 5.75. The summed E-state index contributed by atoms with van der Waals surface area (Å²) in [6.07, 6.45) is 1.31. The molecule has 1 aromatic heterocycles. The average Bonchev–Trinajstić information content (AvgIpc) is 2.92. The average molecular weight is 510 g/mol. The Morgan fingerprint density at radius 3 is 1.81 bits per heavy atom. The highest BCUT2D eigenvalue weighted by atomic mass is 16.5. The Hall–Kier alpha value is -4.31. The number of aromatic hydroxyl groups is 1. The van der Waals surface area contributed by atoms with Crippen molar-refractivity contribution in [2.45, 2.75) is 31.5 Å². The van der Waals surface area contributed by atoms with Crippen molar-refractivity contribution in [3.8, 4) is 23.0 Å². The molecule has 0 unspecified atom stereocenters. The van der Waals surface area contributed by atoms with Gasteiger partial charge in [0.05, 0.1) is 27.4 Å². The minimum absolute atomic E-state index is 0.0786. The van der Waals surface area contributed by atoms with Crippen molar-refractivity contribution in [1.82, 2.24) is 15.6 Å². The Kier molecular flexibility index (Phi) is 8.56. The van der Waals surface area contributed by atoms with Crippen LogP contribution in [0.3, 0.4) is 0 Å². The molecule has 0 radical (unpaired) electrons. The van der Waals surface area contributed by atoms with Gasteiger partial charge in [-0.25, -0.2) is 4.98 Å². The lowest BCUT2D eigenvalue weighted by molar-refractivity contribution is -0.125. The number of aliphatic hydroxyl groups is 1. The van der Waals surface area contributed by atoms with E-state index in [0.29, 0.717) is 22.6 Å². The van der Waals surface area contributed by atoms with Crippen LogP contribution >= 0.6 is 0 Å². The van der Waals surface area contributed by atoms with Crippen LogP contribution in [0.5, 0.6) is 23.0 Å². The fourth-order valence-electron chi connectivity index (χ4n) is 3.90. The van der Waals surface area contributed by atoms with Gasteiger partial charge in [-0.05, 0) is 49.2 Å². The number of amides is 2. The van der Waals surface area contributed by atoms with Crippen LogP contribution in [0, 0.1) is 0 Å². The zero-order valence-corrected chi connectivity index (χ0v) is 21.3. The predicted molar refractivity (Wildman–Crippen MR) is 136 cm³/mol. The van der Waals surface area contributed by atoms with E-state index in [1.54, 1.807) is 69.7 Å². The number of carbonyl (C=O) groups is 2. The molecular weight excluding hydrogens is 478 g/mol. The van der Waals surface area contributed by atoms with Crippen LogP contribution in [0.15, 0.2) is 60.8 Å². The Bertz CT molecular complexity index is 1180. The highest BCUT2D eigenvalue weighted by Gasteiger charge is 2.39. The van der Waals surface area contributed by atoms with Crippen molar-refractivity contribution in [3.63, 3.8) is 0 Å². The maximum absolute atomic E-state index is 13.1. The van der Waals surface area contributed by atoms with Crippen LogP contribution in [0.1, 0.15) is 35.5 Å². The Morgan fingerprint density at radius 2 is 1.35 bits per heavy atom. The van der Waals surface area contributed by atoms with E-state index in [4.69, 9.17) is 14.2 Å². The van der Waals surface area contributed by atoms with E-state index in [2.05, 4.69) is 15.6 Å². The molecule has 10 heteroatoms. The number of aromatic nitrogens is 1. The zero-order chi connectivity index (χ0) is 27.2. The summed E-state index contributed by atoms with van der Waals surface area (Å²) in [6.45, 7) is 3.15. The highest BCUT2D eigenvalue weighted by Crippen LogP contribution is 2.35. The molecular formula is C27H31N3O7. The van der Waals surface area contributed by atoms with Crippen molar-refractivity contribution in [2.75, 3.05) is 21.3 Å². The number of nitrogens with zero attached hydrogens (tertiary/aromatic N) is 1. The van der Waals surface area contributed by atoms with Crippen molar-refractivity contribution >= 4 is 11.8 Å². The monoisotopic (exact) mass is 509 g/mol. The molecule has 3 rings (SSSR count). The Morgan fingerprint density at radius 1 is 0.838 bits per heavy atom. The molecule has 0 aliphatic carbocycles. The largest absolute Gasteiger partial charge is 0.503 e. The molecule has 4 N–H and O–H groups in total. The number of benzene rings is 2. The van der Waals surface area contributed by atoms with Gasteiger partial charge in [-0.2, -0.15) is 0 Å². The summed E-state index contributed by atoms with van der Waals surface area (Å²) in [5.41, 5.74) is -0.869. The van der Waals surface area contributed by atoms with E-state index in [1.807, 2.05) is 0 Å². The number of nitrogens with one attached hydrogen (secondary N) is 2. The molecule has 0 aliphatic rings. The first kappa shape index (κ1) is 27.3. The van der Waals surface area contributed by atoms with Crippen LogP contribution < -0.4 is 24.8 Å². The standard InChI is InChI=1S/C27H31N3O7/c1-16(29-26(33)23-24(31)22(37-5)14-15-28-23)25(32)30-17(2)27(34,18-6-10-20(35-3)11-7-18)19-8-12-21(36-4)13-9-19/h6-17,31,34H,1-5H3,(H,29,33)(H,30,32)/t16-,17-/m0/s1. The fraction of sp³-hybridized carbons (Fsp3) is 0.296. The van der Waals surface area contributed by atoms with E-state index in [1.165, 1.54) is 26.3 Å². The second-order valence-corrected chi connectivity index (χ2v) is 8.36. The zero-order valence-electron chi connectivity index (χ0n) is 21.3. The van der Waals surface area contributed by atoms with Gasteiger partial charge in [0.2, 0.25) is 5.91 Å². The van der Waals surface area contributed by atoms with Gasteiger partial charge >= 0.3 is 0 Å². The molecule has 0 saturated heterocycles. The van der Waals surface area contributed by atoms with E-state index in [9.17, 15) is 19.8 Å². The summed E-state index contributed by atoms with van der Waals surface area (Å²) < 4.78 is 15.5. The lowest BCUT2D eigenvalue weighted by Gasteiger charge is -2.36. The quantitative estimate of drug-likeness (QED) is 0.327. The van der Waals surface area contributed by atoms with Crippen LogP contribution in [0.2, 0.25) is 0 Å². The minimum Gasteiger partial charge on any atom is -0.503 e. The molecule has 0 aliphatic heterocycles. The third-order valence-corrected chi connectivity index (χ3v) is 6.11. The summed E-state index contributed by atoms with van der Waals surface area (Å²) in [5, 5.41) is 27.5. The summed E-state index contributed by atoms with van der Waals surface area (Å²) in [7, 11) is 4.44. The number of hydrogen-bond donors (Lipinski definition) is 4. The summed E-state index contributed by atoms with van der Waals surface area (Å²) in [6, 6.07) is 13.3. The van der Waals surface area contributed by atoms with Crippen LogP contribution in [-0.2, 0) is 10.4 Å². The second-order valence-electron chi connectivity index (χ2n) is 8.36. The molecule has 0 fully saturated rings. The first-order valence-electron chi connectivity index (χ1n) is 11.5. The normalized spacial score (nSPS) is 12.7. The maximum atomic E-state index is 13.1. The fourth-order valence-corrected chi connectivity index (χ4v) is 3.90. The molecule has 2 amide bonds. The highest BCUT2D eigenvalue weighted by molar-refractivity contribution is 5.98. The maximum Gasteiger partial charge on any atom is 0.274 e. The molecule has 3 aromatic rings. The molecule has 196 valence electrons. The molecule has 0 spiro atoms. The lowest BCUT2D eigenvalue weighted by atomic mass is 9.80. The summed E-state index contributed by atoms with van der Waals surface area (Å²) >= 11 is 0. The summed E-state index contributed by atoms with van der Waals surface area (Å²) in [4.78, 5) is 29.6. The first-order chi connectivity index (χ1) is 17.6. The number of carbonyl (C=O) groups excluding carboxylic acids is 2. The van der Waals surface area contributed by atoms with Crippen molar-refractivity contribution in [1.29, 1.82) is 0 Å². The van der Waals surface area contributed by atoms with E-state index >= 15 is 0 Å². The van der Waals surface area contributed by atoms with Crippen molar-refractivity contribution in [3.05, 3.63) is 77.6 Å². The topological polar surface area (TPSA) is 139 Å². The lowest BCUT2D eigenvalue weighted by Crippen LogP contribution is -2.54. The molecule has 37 heavy (non-hydrogen) atoms. The van der Waals surface area contributed by atoms with Gasteiger partial charge in [0.25, 0.3) is 5.91 Å². The minimum atomic E-state index is -1.63. The predicted octanol–water partition coefficient (Wildman–Crippen LogP) is 2.37. The SMILES string of the molecule is COc1ccc(C(O)(c2ccc(OC)cc2)[C@H](C)NC(=O)[C@H](C)NC(=O)c2nccc(OC)c2O)cc1. The Balaban J connectivity index is 1.84. The molecule has 1 heterocycles. The molecule has 10 nitrogen and oxygen atoms in total. The van der Waals surface area contributed by atoms with Gasteiger partial charge in [-0.3, -0.25) is 9.59 Å². The number of methoxy groups -OCH3 is 3. The van der Waals surface area contributed by atoms with Crippen LogP contribution in [-0.4, -0.2) is 60.4 Å².